The van der Waals surface area contributed by atoms with Crippen LogP contribution in [0.15, 0.2) is 24.3 Å². The van der Waals surface area contributed by atoms with E-state index in [-0.39, 0.29) is 6.04 Å². The summed E-state index contributed by atoms with van der Waals surface area (Å²) in [5.74, 6) is 0.675. The highest BCUT2D eigenvalue weighted by Crippen LogP contribution is 2.23. The fourth-order valence-corrected chi connectivity index (χ4v) is 2.56. The first kappa shape index (κ1) is 16.0. The molecule has 0 saturated heterocycles. The molecule has 2 N–H and O–H groups in total. The molecule has 0 aliphatic rings. The number of anilines is 1. The van der Waals surface area contributed by atoms with Crippen molar-refractivity contribution in [3.63, 3.8) is 0 Å². The number of benzene rings is 1. The maximum atomic E-state index is 5.92. The molecular weight excluding hydrogens is 232 g/mol. The molecule has 0 radical (unpaired) electrons. The second kappa shape index (κ2) is 7.54. The van der Waals surface area contributed by atoms with Gasteiger partial charge in [-0.15, -0.1) is 0 Å². The molecule has 1 aromatic rings. The molecule has 0 unspecified atom stereocenters. The summed E-state index contributed by atoms with van der Waals surface area (Å²) in [5.41, 5.74) is 8.45. The minimum absolute atomic E-state index is 0.112. The molecule has 0 heterocycles. The van der Waals surface area contributed by atoms with Crippen molar-refractivity contribution in [2.45, 2.75) is 59.5 Å². The highest BCUT2D eigenvalue weighted by Gasteiger charge is 2.17. The highest BCUT2D eigenvalue weighted by atomic mass is 15.2. The second-order valence-corrected chi connectivity index (χ2v) is 5.90. The molecule has 19 heavy (non-hydrogen) atoms. The minimum atomic E-state index is 0.112. The van der Waals surface area contributed by atoms with E-state index in [9.17, 15) is 0 Å². The quantitative estimate of drug-likeness (QED) is 0.791. The number of hydrogen-bond acceptors (Lipinski definition) is 2. The van der Waals surface area contributed by atoms with E-state index in [1.165, 1.54) is 24.1 Å². The Kier molecular flexibility index (Phi) is 6.36. The fraction of sp³-hybridized carbons (Fsp3) is 0.647. The van der Waals surface area contributed by atoms with Crippen LogP contribution in [0.1, 0.15) is 59.1 Å². The topological polar surface area (TPSA) is 29.3 Å². The molecule has 0 aliphatic heterocycles. The average Bonchev–Trinajstić information content (AvgIpc) is 2.38. The van der Waals surface area contributed by atoms with Crippen molar-refractivity contribution < 1.29 is 0 Å². The van der Waals surface area contributed by atoms with Gasteiger partial charge in [0, 0.05) is 24.3 Å². The highest BCUT2D eigenvalue weighted by molar-refractivity contribution is 5.49. The maximum Gasteiger partial charge on any atom is 0.0368 e. The lowest BCUT2D eigenvalue weighted by Crippen LogP contribution is -2.37. The van der Waals surface area contributed by atoms with Crippen LogP contribution in [-0.2, 0) is 0 Å². The van der Waals surface area contributed by atoms with Crippen LogP contribution in [-0.4, -0.2) is 12.6 Å². The summed E-state index contributed by atoms with van der Waals surface area (Å²) < 4.78 is 0. The summed E-state index contributed by atoms with van der Waals surface area (Å²) in [6.07, 6.45) is 2.39. The minimum Gasteiger partial charge on any atom is -0.368 e. The van der Waals surface area contributed by atoms with Gasteiger partial charge in [0.1, 0.15) is 0 Å². The molecule has 0 fully saturated rings. The third-order valence-corrected chi connectivity index (χ3v) is 3.70. The van der Waals surface area contributed by atoms with Gasteiger partial charge in [0.05, 0.1) is 0 Å². The standard InChI is InChI=1S/C17H30N2/c1-6-16(7-2)19(12-13(3)4)17-10-8-15(9-11-17)14(5)18/h8-11,13-14,16H,6-7,12,18H2,1-5H3/t14-/m0/s1. The lowest BCUT2D eigenvalue weighted by Gasteiger charge is -2.34. The van der Waals surface area contributed by atoms with Crippen molar-refractivity contribution >= 4 is 5.69 Å². The van der Waals surface area contributed by atoms with Crippen LogP contribution in [0.25, 0.3) is 0 Å². The molecule has 0 aliphatic carbocycles. The first-order valence-corrected chi connectivity index (χ1v) is 7.61. The summed E-state index contributed by atoms with van der Waals surface area (Å²) in [6, 6.07) is 9.51. The van der Waals surface area contributed by atoms with Crippen LogP contribution in [0.2, 0.25) is 0 Å². The van der Waals surface area contributed by atoms with Gasteiger partial charge in [0.15, 0.2) is 0 Å². The first-order chi connectivity index (χ1) is 8.99. The Morgan fingerprint density at radius 1 is 1.00 bits per heavy atom. The fourth-order valence-electron chi connectivity index (χ4n) is 2.56. The van der Waals surface area contributed by atoms with Crippen molar-refractivity contribution in [3.8, 4) is 0 Å². The summed E-state index contributed by atoms with van der Waals surface area (Å²) in [5, 5.41) is 0. The predicted molar refractivity (Wildman–Crippen MR) is 85.6 cm³/mol. The van der Waals surface area contributed by atoms with E-state index < -0.39 is 0 Å². The first-order valence-electron chi connectivity index (χ1n) is 7.61. The number of rotatable bonds is 7. The summed E-state index contributed by atoms with van der Waals surface area (Å²) >= 11 is 0. The van der Waals surface area contributed by atoms with Crippen LogP contribution in [0.3, 0.4) is 0 Å². The zero-order chi connectivity index (χ0) is 14.4. The Bertz CT molecular complexity index is 350. The van der Waals surface area contributed by atoms with Gasteiger partial charge in [-0.25, -0.2) is 0 Å². The van der Waals surface area contributed by atoms with E-state index >= 15 is 0 Å². The van der Waals surface area contributed by atoms with Crippen LogP contribution in [0.5, 0.6) is 0 Å². The molecule has 2 nitrogen and oxygen atoms in total. The maximum absolute atomic E-state index is 5.92. The third kappa shape index (κ3) is 4.54. The normalized spacial score (nSPS) is 13.1. The predicted octanol–water partition coefficient (Wildman–Crippen LogP) is 4.36. The Balaban J connectivity index is 2.96. The van der Waals surface area contributed by atoms with Crippen molar-refractivity contribution in [1.82, 2.24) is 0 Å². The molecule has 1 rings (SSSR count). The lowest BCUT2D eigenvalue weighted by atomic mass is 10.0. The van der Waals surface area contributed by atoms with Crippen LogP contribution < -0.4 is 10.6 Å². The largest absolute Gasteiger partial charge is 0.368 e. The molecule has 1 atom stereocenters. The van der Waals surface area contributed by atoms with E-state index in [1.54, 1.807) is 0 Å². The molecule has 0 amide bonds. The van der Waals surface area contributed by atoms with Gasteiger partial charge < -0.3 is 10.6 Å². The Morgan fingerprint density at radius 2 is 1.53 bits per heavy atom. The summed E-state index contributed by atoms with van der Waals surface area (Å²) in [6.45, 7) is 12.3. The SMILES string of the molecule is CCC(CC)N(CC(C)C)c1ccc([C@H](C)N)cc1. The Morgan fingerprint density at radius 3 is 1.89 bits per heavy atom. The van der Waals surface area contributed by atoms with Gasteiger partial charge in [-0.05, 0) is 43.4 Å². The van der Waals surface area contributed by atoms with E-state index in [1.807, 2.05) is 6.92 Å². The second-order valence-electron chi connectivity index (χ2n) is 5.90. The van der Waals surface area contributed by atoms with Crippen LogP contribution in [0, 0.1) is 5.92 Å². The van der Waals surface area contributed by atoms with Gasteiger partial charge in [-0.3, -0.25) is 0 Å². The summed E-state index contributed by atoms with van der Waals surface area (Å²) in [7, 11) is 0. The van der Waals surface area contributed by atoms with Gasteiger partial charge in [-0.2, -0.15) is 0 Å². The zero-order valence-corrected chi connectivity index (χ0v) is 13.2. The third-order valence-electron chi connectivity index (χ3n) is 3.70. The van der Waals surface area contributed by atoms with E-state index in [4.69, 9.17) is 5.73 Å². The van der Waals surface area contributed by atoms with Gasteiger partial charge in [0.2, 0.25) is 0 Å². The van der Waals surface area contributed by atoms with Gasteiger partial charge >= 0.3 is 0 Å². The summed E-state index contributed by atoms with van der Waals surface area (Å²) in [4.78, 5) is 2.55. The lowest BCUT2D eigenvalue weighted by molar-refractivity contribution is 0.507. The van der Waals surface area contributed by atoms with E-state index in [0.29, 0.717) is 12.0 Å². The molecule has 0 spiro atoms. The van der Waals surface area contributed by atoms with E-state index in [2.05, 4.69) is 56.9 Å². The van der Waals surface area contributed by atoms with Crippen molar-refractivity contribution in [2.75, 3.05) is 11.4 Å². The Labute approximate surface area is 119 Å². The van der Waals surface area contributed by atoms with Gasteiger partial charge in [-0.1, -0.05) is 39.8 Å². The molecule has 1 aromatic carbocycles. The van der Waals surface area contributed by atoms with Crippen LogP contribution in [0.4, 0.5) is 5.69 Å². The van der Waals surface area contributed by atoms with Crippen molar-refractivity contribution in [3.05, 3.63) is 29.8 Å². The number of hydrogen-bond donors (Lipinski definition) is 1. The molecule has 0 saturated carbocycles. The smallest absolute Gasteiger partial charge is 0.0368 e. The average molecular weight is 262 g/mol. The van der Waals surface area contributed by atoms with Crippen LogP contribution >= 0.6 is 0 Å². The number of nitrogens with zero attached hydrogens (tertiary/aromatic N) is 1. The molecule has 2 heteroatoms. The molecule has 0 aromatic heterocycles. The van der Waals surface area contributed by atoms with Crippen molar-refractivity contribution in [2.24, 2.45) is 11.7 Å². The van der Waals surface area contributed by atoms with Gasteiger partial charge in [0.25, 0.3) is 0 Å². The Hall–Kier alpha value is -1.02. The monoisotopic (exact) mass is 262 g/mol. The molecule has 108 valence electrons. The number of nitrogens with two attached hydrogens (primary N) is 1. The zero-order valence-electron chi connectivity index (χ0n) is 13.2. The van der Waals surface area contributed by atoms with Crippen molar-refractivity contribution in [1.29, 1.82) is 0 Å². The molecule has 0 bridgehead atoms. The molecular formula is C17H30N2. The van der Waals surface area contributed by atoms with E-state index in [0.717, 1.165) is 6.54 Å².